The Morgan fingerprint density at radius 1 is 1.56 bits per heavy atom. The van der Waals surface area contributed by atoms with Crippen LogP contribution in [0.2, 0.25) is 0 Å². The summed E-state index contributed by atoms with van der Waals surface area (Å²) < 4.78 is 11.6. The highest BCUT2D eigenvalue weighted by molar-refractivity contribution is 7.85. The zero-order valence-electron chi connectivity index (χ0n) is 10.3. The van der Waals surface area contributed by atoms with Crippen molar-refractivity contribution in [3.63, 3.8) is 0 Å². The van der Waals surface area contributed by atoms with Crippen molar-refractivity contribution < 1.29 is 4.21 Å². The summed E-state index contributed by atoms with van der Waals surface area (Å²) in [6, 6.07) is 0.354. The van der Waals surface area contributed by atoms with Crippen LogP contribution in [0.5, 0.6) is 0 Å². The van der Waals surface area contributed by atoms with Crippen LogP contribution in [-0.2, 0) is 10.8 Å². The third-order valence-corrected chi connectivity index (χ3v) is 5.24. The molecular formula is C11H21N3OS. The van der Waals surface area contributed by atoms with Gasteiger partial charge in [-0.05, 0) is 20.8 Å². The Hall–Kier alpha value is -0.600. The quantitative estimate of drug-likeness (QED) is 0.537. The van der Waals surface area contributed by atoms with Crippen molar-refractivity contribution in [2.75, 3.05) is 31.9 Å². The lowest BCUT2D eigenvalue weighted by molar-refractivity contribution is 0.191. The number of nitriles is 1. The molecule has 92 valence electrons. The molecule has 1 aliphatic rings. The van der Waals surface area contributed by atoms with Crippen LogP contribution in [0.3, 0.4) is 0 Å². The third-order valence-electron chi connectivity index (χ3n) is 3.43. The molecule has 3 unspecified atom stereocenters. The number of nitrogens with zero attached hydrogens (tertiary/aromatic N) is 3. The maximum Gasteiger partial charge on any atom is 0.179 e. The highest BCUT2D eigenvalue weighted by atomic mass is 32.2. The molecule has 0 aromatic heterocycles. The lowest BCUT2D eigenvalue weighted by Gasteiger charge is -2.37. The van der Waals surface area contributed by atoms with Crippen molar-refractivity contribution in [1.82, 2.24) is 9.80 Å². The molecule has 1 fully saturated rings. The number of hydrogen-bond acceptors (Lipinski definition) is 4. The van der Waals surface area contributed by atoms with E-state index >= 15 is 0 Å². The zero-order chi connectivity index (χ0) is 12.1. The van der Waals surface area contributed by atoms with Crippen molar-refractivity contribution in [2.24, 2.45) is 0 Å². The van der Waals surface area contributed by atoms with E-state index in [0.717, 1.165) is 31.9 Å². The van der Waals surface area contributed by atoms with Crippen molar-refractivity contribution in [3.8, 4) is 6.19 Å². The van der Waals surface area contributed by atoms with Crippen LogP contribution in [0, 0.1) is 11.5 Å². The van der Waals surface area contributed by atoms with Crippen molar-refractivity contribution in [2.45, 2.75) is 32.1 Å². The number of likely N-dealkylation sites (N-methyl/N-ethyl adjacent to an activating group) is 1. The maximum absolute atomic E-state index is 11.6. The first-order valence-corrected chi connectivity index (χ1v) is 7.24. The molecular weight excluding hydrogens is 222 g/mol. The van der Waals surface area contributed by atoms with Gasteiger partial charge in [0, 0.05) is 54.0 Å². The fourth-order valence-corrected chi connectivity index (χ4v) is 3.35. The smallest absolute Gasteiger partial charge is 0.179 e. The van der Waals surface area contributed by atoms with Gasteiger partial charge in [-0.25, -0.2) is 0 Å². The fraction of sp³-hybridized carbons (Fsp3) is 0.909. The van der Waals surface area contributed by atoms with Crippen molar-refractivity contribution >= 4 is 10.8 Å². The molecule has 5 heteroatoms. The minimum absolute atomic E-state index is 0.242. The molecule has 4 nitrogen and oxygen atoms in total. The normalized spacial score (nSPS) is 31.0. The van der Waals surface area contributed by atoms with E-state index in [1.807, 2.05) is 6.92 Å². The summed E-state index contributed by atoms with van der Waals surface area (Å²) in [5.41, 5.74) is 0. The molecule has 0 N–H and O–H groups in total. The van der Waals surface area contributed by atoms with Crippen LogP contribution < -0.4 is 0 Å². The molecule has 0 aliphatic carbocycles. The Balaban J connectivity index is 2.43. The number of rotatable bonds is 4. The van der Waals surface area contributed by atoms with Gasteiger partial charge in [0.15, 0.2) is 6.19 Å². The van der Waals surface area contributed by atoms with Crippen molar-refractivity contribution in [1.29, 1.82) is 5.26 Å². The molecule has 0 aromatic carbocycles. The van der Waals surface area contributed by atoms with E-state index in [0.29, 0.717) is 6.04 Å². The standard InChI is InChI=1S/C11H21N3OS/c1-4-13(9-12)5-6-14-7-8-16(15)11(3)10(14)2/h10-11H,4-8H2,1-3H3. The van der Waals surface area contributed by atoms with Crippen molar-refractivity contribution in [3.05, 3.63) is 0 Å². The van der Waals surface area contributed by atoms with Gasteiger partial charge in [-0.3, -0.25) is 9.11 Å². The lowest BCUT2D eigenvalue weighted by atomic mass is 10.2. The van der Waals surface area contributed by atoms with Crippen LogP contribution in [-0.4, -0.2) is 57.2 Å². The fourth-order valence-electron chi connectivity index (χ4n) is 1.96. The van der Waals surface area contributed by atoms with Gasteiger partial charge in [-0.15, -0.1) is 0 Å². The second kappa shape index (κ2) is 6.21. The molecule has 0 bridgehead atoms. The first-order chi connectivity index (χ1) is 7.60. The van der Waals surface area contributed by atoms with Crippen LogP contribution >= 0.6 is 0 Å². The summed E-state index contributed by atoms with van der Waals surface area (Å²) >= 11 is 0. The molecule has 1 aliphatic heterocycles. The Labute approximate surface area is 101 Å². The van der Waals surface area contributed by atoms with Gasteiger partial charge in [-0.2, -0.15) is 5.26 Å². The summed E-state index contributed by atoms with van der Waals surface area (Å²) in [6.07, 6.45) is 2.17. The average molecular weight is 243 g/mol. The van der Waals surface area contributed by atoms with E-state index in [1.165, 1.54) is 0 Å². The van der Waals surface area contributed by atoms with Crippen LogP contribution in [0.25, 0.3) is 0 Å². The Morgan fingerprint density at radius 3 is 2.81 bits per heavy atom. The van der Waals surface area contributed by atoms with Gasteiger partial charge < -0.3 is 4.90 Å². The van der Waals surface area contributed by atoms with Crippen LogP contribution in [0.4, 0.5) is 0 Å². The Bertz CT molecular complexity index is 289. The second-order valence-electron chi connectivity index (χ2n) is 4.25. The minimum Gasteiger partial charge on any atom is -0.310 e. The molecule has 1 heterocycles. The molecule has 0 amide bonds. The monoisotopic (exact) mass is 243 g/mol. The Morgan fingerprint density at radius 2 is 2.25 bits per heavy atom. The molecule has 0 spiro atoms. The van der Waals surface area contributed by atoms with E-state index in [-0.39, 0.29) is 5.25 Å². The maximum atomic E-state index is 11.6. The van der Waals surface area contributed by atoms with Gasteiger partial charge in [0.25, 0.3) is 0 Å². The zero-order valence-corrected chi connectivity index (χ0v) is 11.2. The predicted molar refractivity (Wildman–Crippen MR) is 66.4 cm³/mol. The highest BCUT2D eigenvalue weighted by Crippen LogP contribution is 2.15. The summed E-state index contributed by atoms with van der Waals surface area (Å²) in [6.45, 7) is 9.49. The molecule has 0 radical (unpaired) electrons. The summed E-state index contributed by atoms with van der Waals surface area (Å²) in [7, 11) is -0.674. The van der Waals surface area contributed by atoms with E-state index < -0.39 is 10.8 Å². The predicted octanol–water partition coefficient (Wildman–Crippen LogP) is 0.631. The average Bonchev–Trinajstić information content (AvgIpc) is 2.30. The first-order valence-electron chi connectivity index (χ1n) is 5.86. The van der Waals surface area contributed by atoms with Gasteiger partial charge in [0.05, 0.1) is 0 Å². The number of hydrogen-bond donors (Lipinski definition) is 0. The van der Waals surface area contributed by atoms with E-state index in [9.17, 15) is 4.21 Å². The molecule has 0 saturated carbocycles. The summed E-state index contributed by atoms with van der Waals surface area (Å²) in [5.74, 6) is 0.768. The van der Waals surface area contributed by atoms with Gasteiger partial charge in [-0.1, -0.05) is 0 Å². The van der Waals surface area contributed by atoms with E-state index in [4.69, 9.17) is 5.26 Å². The second-order valence-corrected chi connectivity index (χ2v) is 6.16. The highest BCUT2D eigenvalue weighted by Gasteiger charge is 2.29. The van der Waals surface area contributed by atoms with Crippen LogP contribution in [0.1, 0.15) is 20.8 Å². The van der Waals surface area contributed by atoms with Gasteiger partial charge in [0.1, 0.15) is 0 Å². The summed E-state index contributed by atoms with van der Waals surface area (Å²) in [4.78, 5) is 4.09. The molecule has 3 atom stereocenters. The molecule has 0 aromatic rings. The van der Waals surface area contributed by atoms with Gasteiger partial charge >= 0.3 is 0 Å². The van der Waals surface area contributed by atoms with Gasteiger partial charge in [0.2, 0.25) is 0 Å². The topological polar surface area (TPSA) is 47.3 Å². The largest absolute Gasteiger partial charge is 0.310 e. The molecule has 1 saturated heterocycles. The SMILES string of the molecule is CCN(C#N)CCN1CCS(=O)C(C)C1C. The minimum atomic E-state index is -0.674. The van der Waals surface area contributed by atoms with E-state index in [1.54, 1.807) is 4.90 Å². The van der Waals surface area contributed by atoms with Crippen LogP contribution in [0.15, 0.2) is 0 Å². The Kier molecular flexibility index (Phi) is 5.23. The van der Waals surface area contributed by atoms with E-state index in [2.05, 4.69) is 24.9 Å². The lowest BCUT2D eigenvalue weighted by Crippen LogP contribution is -2.51. The third kappa shape index (κ3) is 3.19. The first kappa shape index (κ1) is 13.5. The molecule has 1 rings (SSSR count). The molecule has 16 heavy (non-hydrogen) atoms. The summed E-state index contributed by atoms with van der Waals surface area (Å²) in [5, 5.41) is 9.07.